The molecule has 116 valence electrons. The first-order chi connectivity index (χ1) is 10.2. The molecule has 1 saturated heterocycles. The summed E-state index contributed by atoms with van der Waals surface area (Å²) in [5, 5.41) is 12.1. The van der Waals surface area contributed by atoms with E-state index in [1.54, 1.807) is 6.20 Å². The lowest BCUT2D eigenvalue weighted by molar-refractivity contribution is 0.0946. The molecule has 0 aromatic carbocycles. The lowest BCUT2D eigenvalue weighted by Gasteiger charge is -2.22. The molecule has 1 aromatic rings. The molecular formula is C15H24N4O2. The highest BCUT2D eigenvalue weighted by atomic mass is 16.3. The standard InChI is InChI=1S/C15H24N4O2/c1-12-9-18-14(10-17-12)15(21)16-6-2-3-7-19-8-4-5-13(19)11-20/h9-10,13,20H,2-8,11H2,1H3,(H,16,21). The second-order valence-electron chi connectivity index (χ2n) is 5.52. The fraction of sp³-hybridized carbons (Fsp3) is 0.667. The zero-order chi connectivity index (χ0) is 15.1. The van der Waals surface area contributed by atoms with Crippen molar-refractivity contribution in [3.05, 3.63) is 23.8 Å². The predicted molar refractivity (Wildman–Crippen MR) is 80.0 cm³/mol. The van der Waals surface area contributed by atoms with Gasteiger partial charge in [-0.25, -0.2) is 4.98 Å². The molecule has 0 aliphatic carbocycles. The zero-order valence-electron chi connectivity index (χ0n) is 12.6. The molecule has 1 aromatic heterocycles. The second kappa shape index (κ2) is 8.05. The minimum Gasteiger partial charge on any atom is -0.395 e. The Labute approximate surface area is 125 Å². The van der Waals surface area contributed by atoms with Crippen molar-refractivity contribution in [1.82, 2.24) is 20.2 Å². The van der Waals surface area contributed by atoms with E-state index in [4.69, 9.17) is 0 Å². The van der Waals surface area contributed by atoms with Crippen LogP contribution in [-0.2, 0) is 0 Å². The fourth-order valence-corrected chi connectivity index (χ4v) is 2.64. The molecular weight excluding hydrogens is 268 g/mol. The van der Waals surface area contributed by atoms with Gasteiger partial charge in [0.1, 0.15) is 5.69 Å². The van der Waals surface area contributed by atoms with Crippen LogP contribution in [0.15, 0.2) is 12.4 Å². The van der Waals surface area contributed by atoms with Crippen LogP contribution < -0.4 is 5.32 Å². The number of rotatable bonds is 7. The topological polar surface area (TPSA) is 78.4 Å². The molecule has 0 saturated carbocycles. The molecule has 21 heavy (non-hydrogen) atoms. The van der Waals surface area contributed by atoms with E-state index in [9.17, 15) is 9.90 Å². The molecule has 0 radical (unpaired) electrons. The van der Waals surface area contributed by atoms with E-state index >= 15 is 0 Å². The maximum atomic E-state index is 11.8. The summed E-state index contributed by atoms with van der Waals surface area (Å²) < 4.78 is 0. The average molecular weight is 292 g/mol. The third-order valence-corrected chi connectivity index (χ3v) is 3.88. The summed E-state index contributed by atoms with van der Waals surface area (Å²) >= 11 is 0. The van der Waals surface area contributed by atoms with Crippen LogP contribution in [0.3, 0.4) is 0 Å². The Morgan fingerprint density at radius 3 is 3.00 bits per heavy atom. The number of aliphatic hydroxyl groups is 1. The van der Waals surface area contributed by atoms with Gasteiger partial charge < -0.3 is 10.4 Å². The second-order valence-corrected chi connectivity index (χ2v) is 5.52. The Morgan fingerprint density at radius 2 is 2.29 bits per heavy atom. The number of carbonyl (C=O) groups is 1. The van der Waals surface area contributed by atoms with Crippen LogP contribution in [0.2, 0.25) is 0 Å². The van der Waals surface area contributed by atoms with E-state index in [2.05, 4.69) is 20.2 Å². The van der Waals surface area contributed by atoms with E-state index < -0.39 is 0 Å². The van der Waals surface area contributed by atoms with Crippen molar-refractivity contribution in [3.8, 4) is 0 Å². The number of carbonyl (C=O) groups excluding carboxylic acids is 1. The predicted octanol–water partition coefficient (Wildman–Crippen LogP) is 0.752. The number of nitrogens with zero attached hydrogens (tertiary/aromatic N) is 3. The maximum Gasteiger partial charge on any atom is 0.271 e. The molecule has 2 heterocycles. The zero-order valence-corrected chi connectivity index (χ0v) is 12.6. The van der Waals surface area contributed by atoms with Gasteiger partial charge in [0.25, 0.3) is 5.91 Å². The fourth-order valence-electron chi connectivity index (χ4n) is 2.64. The van der Waals surface area contributed by atoms with Gasteiger partial charge in [0.05, 0.1) is 18.5 Å². The van der Waals surface area contributed by atoms with E-state index in [0.29, 0.717) is 18.3 Å². The van der Waals surface area contributed by atoms with Gasteiger partial charge in [-0.05, 0) is 45.7 Å². The SMILES string of the molecule is Cc1cnc(C(=O)NCCCCN2CCCC2CO)cn1. The van der Waals surface area contributed by atoms with Crippen molar-refractivity contribution in [2.75, 3.05) is 26.2 Å². The summed E-state index contributed by atoms with van der Waals surface area (Å²) in [5.74, 6) is -0.170. The lowest BCUT2D eigenvalue weighted by Crippen LogP contribution is -2.33. The monoisotopic (exact) mass is 292 g/mol. The lowest BCUT2D eigenvalue weighted by atomic mass is 10.2. The Morgan fingerprint density at radius 1 is 1.43 bits per heavy atom. The van der Waals surface area contributed by atoms with E-state index in [1.807, 2.05) is 6.92 Å². The van der Waals surface area contributed by atoms with Crippen LogP contribution in [-0.4, -0.2) is 58.2 Å². The van der Waals surface area contributed by atoms with Crippen LogP contribution in [0, 0.1) is 6.92 Å². The van der Waals surface area contributed by atoms with Crippen LogP contribution in [0.4, 0.5) is 0 Å². The van der Waals surface area contributed by atoms with E-state index in [-0.39, 0.29) is 12.5 Å². The van der Waals surface area contributed by atoms with Gasteiger partial charge in [-0.2, -0.15) is 0 Å². The van der Waals surface area contributed by atoms with Gasteiger partial charge in [0, 0.05) is 18.8 Å². The van der Waals surface area contributed by atoms with Crippen LogP contribution >= 0.6 is 0 Å². The molecule has 1 atom stereocenters. The smallest absolute Gasteiger partial charge is 0.271 e. The Hall–Kier alpha value is -1.53. The van der Waals surface area contributed by atoms with Crippen molar-refractivity contribution < 1.29 is 9.90 Å². The molecule has 6 heteroatoms. The van der Waals surface area contributed by atoms with Crippen LogP contribution in [0.1, 0.15) is 41.9 Å². The number of aromatic nitrogens is 2. The number of nitrogens with one attached hydrogen (secondary N) is 1. The molecule has 1 fully saturated rings. The van der Waals surface area contributed by atoms with Gasteiger partial charge in [0.2, 0.25) is 0 Å². The number of hydrogen-bond donors (Lipinski definition) is 2. The summed E-state index contributed by atoms with van der Waals surface area (Å²) in [7, 11) is 0. The largest absolute Gasteiger partial charge is 0.395 e. The number of aliphatic hydroxyl groups excluding tert-OH is 1. The number of amides is 1. The molecule has 1 aliphatic heterocycles. The van der Waals surface area contributed by atoms with Gasteiger partial charge >= 0.3 is 0 Å². The highest BCUT2D eigenvalue weighted by molar-refractivity contribution is 5.91. The maximum absolute atomic E-state index is 11.8. The molecule has 1 amide bonds. The number of hydrogen-bond acceptors (Lipinski definition) is 5. The summed E-state index contributed by atoms with van der Waals surface area (Å²) in [4.78, 5) is 22.3. The first-order valence-corrected chi connectivity index (χ1v) is 7.62. The quantitative estimate of drug-likeness (QED) is 0.725. The Kier molecular flexibility index (Phi) is 6.07. The highest BCUT2D eigenvalue weighted by Crippen LogP contribution is 2.16. The Balaban J connectivity index is 1.61. The van der Waals surface area contributed by atoms with Crippen molar-refractivity contribution >= 4 is 5.91 Å². The minimum absolute atomic E-state index is 0.170. The number of unbranched alkanes of at least 4 members (excludes halogenated alkanes) is 1. The minimum atomic E-state index is -0.170. The van der Waals surface area contributed by atoms with Crippen molar-refractivity contribution in [3.63, 3.8) is 0 Å². The normalized spacial score (nSPS) is 18.9. The van der Waals surface area contributed by atoms with Crippen LogP contribution in [0.25, 0.3) is 0 Å². The molecule has 2 rings (SSSR count). The van der Waals surface area contributed by atoms with Gasteiger partial charge in [0.15, 0.2) is 0 Å². The molecule has 0 spiro atoms. The van der Waals surface area contributed by atoms with Gasteiger partial charge in [-0.1, -0.05) is 0 Å². The Bertz CT molecular complexity index is 449. The molecule has 1 unspecified atom stereocenters. The summed E-state index contributed by atoms with van der Waals surface area (Å²) in [6, 6.07) is 0.336. The van der Waals surface area contributed by atoms with Crippen LogP contribution in [0.5, 0.6) is 0 Å². The van der Waals surface area contributed by atoms with Gasteiger partial charge in [-0.15, -0.1) is 0 Å². The average Bonchev–Trinajstić information content (AvgIpc) is 2.95. The number of likely N-dealkylation sites (tertiary alicyclic amines) is 1. The summed E-state index contributed by atoms with van der Waals surface area (Å²) in [6.07, 6.45) is 7.32. The first kappa shape index (κ1) is 15.9. The van der Waals surface area contributed by atoms with Crippen molar-refractivity contribution in [2.45, 2.75) is 38.6 Å². The molecule has 2 N–H and O–H groups in total. The molecule has 1 aliphatic rings. The number of aryl methyl sites for hydroxylation is 1. The summed E-state index contributed by atoms with van der Waals surface area (Å²) in [6.45, 7) is 4.81. The summed E-state index contributed by atoms with van der Waals surface area (Å²) in [5.41, 5.74) is 1.16. The highest BCUT2D eigenvalue weighted by Gasteiger charge is 2.22. The van der Waals surface area contributed by atoms with Gasteiger partial charge in [-0.3, -0.25) is 14.7 Å². The third-order valence-electron chi connectivity index (χ3n) is 3.88. The first-order valence-electron chi connectivity index (χ1n) is 7.62. The van der Waals surface area contributed by atoms with Crippen molar-refractivity contribution in [1.29, 1.82) is 0 Å². The third kappa shape index (κ3) is 4.75. The molecule has 0 bridgehead atoms. The molecule has 6 nitrogen and oxygen atoms in total. The van der Waals surface area contributed by atoms with E-state index in [1.165, 1.54) is 12.6 Å². The van der Waals surface area contributed by atoms with Crippen molar-refractivity contribution in [2.24, 2.45) is 0 Å². The van der Waals surface area contributed by atoms with E-state index in [0.717, 1.165) is 38.0 Å².